The molecule has 1 N–H and O–H groups in total. The van der Waals surface area contributed by atoms with E-state index in [1.165, 1.54) is 5.56 Å². The first kappa shape index (κ1) is 15.5. The Bertz CT molecular complexity index is 419. The summed E-state index contributed by atoms with van der Waals surface area (Å²) in [6, 6.07) is 6.10. The minimum absolute atomic E-state index is 0.156. The molecule has 0 heterocycles. The van der Waals surface area contributed by atoms with Crippen molar-refractivity contribution < 1.29 is 9.53 Å². The number of carbonyl (C=O) groups excluding carboxylic acids is 1. The first-order chi connectivity index (χ1) is 9.12. The minimum Gasteiger partial charge on any atom is -0.496 e. The van der Waals surface area contributed by atoms with Gasteiger partial charge in [-0.3, -0.25) is 4.79 Å². The van der Waals surface area contributed by atoms with Crippen molar-refractivity contribution in [3.05, 3.63) is 29.3 Å². The molecule has 0 aliphatic rings. The number of amides is 1. The largest absolute Gasteiger partial charge is 0.496 e. The van der Waals surface area contributed by atoms with Gasteiger partial charge >= 0.3 is 0 Å². The fourth-order valence-corrected chi connectivity index (χ4v) is 1.99. The molecule has 19 heavy (non-hydrogen) atoms. The summed E-state index contributed by atoms with van der Waals surface area (Å²) in [5, 5.41) is 2.99. The average Bonchev–Trinajstić information content (AvgIpc) is 2.44. The van der Waals surface area contributed by atoms with Crippen LogP contribution in [0.3, 0.4) is 0 Å². The Morgan fingerprint density at radius 2 is 2.16 bits per heavy atom. The highest BCUT2D eigenvalue weighted by molar-refractivity contribution is 5.76. The van der Waals surface area contributed by atoms with Crippen molar-refractivity contribution in [3.63, 3.8) is 0 Å². The van der Waals surface area contributed by atoms with E-state index in [9.17, 15) is 4.79 Å². The van der Waals surface area contributed by atoms with Crippen molar-refractivity contribution in [2.75, 3.05) is 27.7 Å². The lowest BCUT2D eigenvalue weighted by Crippen LogP contribution is -2.28. The van der Waals surface area contributed by atoms with Crippen LogP contribution in [0.2, 0.25) is 0 Å². The van der Waals surface area contributed by atoms with Crippen LogP contribution >= 0.6 is 0 Å². The quantitative estimate of drug-likeness (QED) is 0.817. The molecule has 0 radical (unpaired) electrons. The first-order valence-electron chi connectivity index (χ1n) is 6.66. The smallest absolute Gasteiger partial charge is 0.223 e. The molecule has 1 rings (SSSR count). The zero-order valence-electron chi connectivity index (χ0n) is 12.3. The van der Waals surface area contributed by atoms with Gasteiger partial charge in [-0.2, -0.15) is 0 Å². The highest BCUT2D eigenvalue weighted by Gasteiger charge is 2.10. The summed E-state index contributed by atoms with van der Waals surface area (Å²) in [6.45, 7) is 3.45. The highest BCUT2D eigenvalue weighted by Crippen LogP contribution is 2.21. The molecule has 0 aliphatic heterocycles. The molecule has 0 fully saturated rings. The molecule has 106 valence electrons. The number of aryl methyl sites for hydroxylation is 1. The van der Waals surface area contributed by atoms with Crippen LogP contribution in [0, 0.1) is 0 Å². The van der Waals surface area contributed by atoms with Gasteiger partial charge in [0.2, 0.25) is 5.91 Å². The molecule has 0 atom stereocenters. The molecule has 0 spiro atoms. The van der Waals surface area contributed by atoms with Gasteiger partial charge in [-0.05, 0) is 30.7 Å². The molecule has 0 unspecified atom stereocenters. The lowest BCUT2D eigenvalue weighted by atomic mass is 10.1. The number of nitrogens with one attached hydrogen (secondary N) is 1. The van der Waals surface area contributed by atoms with Gasteiger partial charge < -0.3 is 15.0 Å². The molecule has 1 aromatic carbocycles. The Labute approximate surface area is 115 Å². The fourth-order valence-electron chi connectivity index (χ4n) is 1.99. The van der Waals surface area contributed by atoms with Crippen molar-refractivity contribution in [2.45, 2.75) is 26.3 Å². The van der Waals surface area contributed by atoms with Gasteiger partial charge in [0.25, 0.3) is 0 Å². The molecule has 0 aromatic heterocycles. The maximum atomic E-state index is 11.8. The molecule has 0 saturated heterocycles. The summed E-state index contributed by atoms with van der Waals surface area (Å²) in [6.07, 6.45) is 1.46. The van der Waals surface area contributed by atoms with Crippen molar-refractivity contribution in [1.29, 1.82) is 0 Å². The molecule has 0 bridgehead atoms. The Balaban J connectivity index is 2.68. The molecular weight excluding hydrogens is 240 g/mol. The second-order valence-electron chi connectivity index (χ2n) is 4.60. The topological polar surface area (TPSA) is 41.6 Å². The molecule has 0 saturated carbocycles. The van der Waals surface area contributed by atoms with Gasteiger partial charge in [0.05, 0.1) is 7.11 Å². The van der Waals surface area contributed by atoms with E-state index in [4.69, 9.17) is 4.74 Å². The van der Waals surface area contributed by atoms with E-state index in [-0.39, 0.29) is 5.91 Å². The van der Waals surface area contributed by atoms with E-state index < -0.39 is 0 Å². The van der Waals surface area contributed by atoms with Gasteiger partial charge in [0.1, 0.15) is 5.75 Å². The number of hydrogen-bond donors (Lipinski definition) is 1. The number of hydrogen-bond acceptors (Lipinski definition) is 3. The van der Waals surface area contributed by atoms with Crippen LogP contribution in [-0.2, 0) is 17.8 Å². The van der Waals surface area contributed by atoms with Crippen LogP contribution in [-0.4, -0.2) is 38.6 Å². The lowest BCUT2D eigenvalue weighted by Gasteiger charge is -2.18. The second kappa shape index (κ2) is 7.79. The van der Waals surface area contributed by atoms with Crippen molar-refractivity contribution in [2.24, 2.45) is 0 Å². The summed E-state index contributed by atoms with van der Waals surface area (Å²) >= 11 is 0. The van der Waals surface area contributed by atoms with Crippen molar-refractivity contribution in [3.8, 4) is 5.75 Å². The number of carbonyl (C=O) groups is 1. The van der Waals surface area contributed by atoms with Gasteiger partial charge in [-0.1, -0.05) is 19.1 Å². The van der Waals surface area contributed by atoms with E-state index >= 15 is 0 Å². The average molecular weight is 264 g/mol. The standard InChI is InChI=1S/C15H24N2O2/c1-5-13-10-12(6-7-14(13)19-4)11-17(3)15(18)8-9-16-2/h6-7,10,16H,5,8-9,11H2,1-4H3. The van der Waals surface area contributed by atoms with Crippen LogP contribution in [0.5, 0.6) is 5.75 Å². The maximum absolute atomic E-state index is 11.8. The third kappa shape index (κ3) is 4.56. The Morgan fingerprint density at radius 3 is 2.74 bits per heavy atom. The number of nitrogens with zero attached hydrogens (tertiary/aromatic N) is 1. The zero-order valence-corrected chi connectivity index (χ0v) is 12.3. The summed E-state index contributed by atoms with van der Waals surface area (Å²) < 4.78 is 5.31. The fraction of sp³-hybridized carbons (Fsp3) is 0.533. The van der Waals surface area contributed by atoms with E-state index in [0.29, 0.717) is 19.5 Å². The van der Waals surface area contributed by atoms with Gasteiger partial charge in [0.15, 0.2) is 0 Å². The molecule has 4 heteroatoms. The van der Waals surface area contributed by atoms with Gasteiger partial charge in [0, 0.05) is 26.6 Å². The van der Waals surface area contributed by atoms with Crippen LogP contribution in [0.1, 0.15) is 24.5 Å². The number of benzene rings is 1. The summed E-state index contributed by atoms with van der Waals surface area (Å²) in [4.78, 5) is 13.6. The zero-order chi connectivity index (χ0) is 14.3. The Kier molecular flexibility index (Phi) is 6.36. The number of ether oxygens (including phenoxy) is 1. The highest BCUT2D eigenvalue weighted by atomic mass is 16.5. The Hall–Kier alpha value is -1.55. The summed E-state index contributed by atoms with van der Waals surface area (Å²) in [7, 11) is 5.37. The van der Waals surface area contributed by atoms with Gasteiger partial charge in [-0.25, -0.2) is 0 Å². The molecular formula is C15H24N2O2. The van der Waals surface area contributed by atoms with Crippen molar-refractivity contribution >= 4 is 5.91 Å². The van der Waals surface area contributed by atoms with E-state index in [1.807, 2.05) is 26.2 Å². The normalized spacial score (nSPS) is 10.3. The predicted octanol–water partition coefficient (Wildman–Crippen LogP) is 1.83. The summed E-state index contributed by atoms with van der Waals surface area (Å²) in [5.74, 6) is 1.07. The van der Waals surface area contributed by atoms with Crippen LogP contribution in [0.4, 0.5) is 0 Å². The monoisotopic (exact) mass is 264 g/mol. The van der Waals surface area contributed by atoms with Gasteiger partial charge in [-0.15, -0.1) is 0 Å². The predicted molar refractivity (Wildman–Crippen MR) is 77.4 cm³/mol. The summed E-state index contributed by atoms with van der Waals surface area (Å²) in [5.41, 5.74) is 2.31. The Morgan fingerprint density at radius 1 is 1.42 bits per heavy atom. The molecule has 1 amide bonds. The second-order valence-corrected chi connectivity index (χ2v) is 4.60. The van der Waals surface area contributed by atoms with E-state index in [2.05, 4.69) is 18.3 Å². The van der Waals surface area contributed by atoms with Crippen LogP contribution in [0.15, 0.2) is 18.2 Å². The van der Waals surface area contributed by atoms with Crippen LogP contribution < -0.4 is 10.1 Å². The van der Waals surface area contributed by atoms with Crippen molar-refractivity contribution in [1.82, 2.24) is 10.2 Å². The SMILES string of the molecule is CCc1cc(CN(C)C(=O)CCNC)ccc1OC. The maximum Gasteiger partial charge on any atom is 0.223 e. The molecule has 1 aromatic rings. The minimum atomic E-state index is 0.156. The third-order valence-electron chi connectivity index (χ3n) is 3.16. The number of methoxy groups -OCH3 is 1. The molecule has 0 aliphatic carbocycles. The lowest BCUT2D eigenvalue weighted by molar-refractivity contribution is -0.130. The van der Waals surface area contributed by atoms with E-state index in [0.717, 1.165) is 17.7 Å². The van der Waals surface area contributed by atoms with Crippen LogP contribution in [0.25, 0.3) is 0 Å². The molecule has 4 nitrogen and oxygen atoms in total. The first-order valence-corrected chi connectivity index (χ1v) is 6.66. The number of rotatable bonds is 7. The van der Waals surface area contributed by atoms with E-state index in [1.54, 1.807) is 12.0 Å². The third-order valence-corrected chi connectivity index (χ3v) is 3.16.